The number of aryl methyl sites for hydroxylation is 2. The van der Waals surface area contributed by atoms with Crippen molar-refractivity contribution in [1.29, 1.82) is 0 Å². The summed E-state index contributed by atoms with van der Waals surface area (Å²) < 4.78 is 47.9. The summed E-state index contributed by atoms with van der Waals surface area (Å²) in [7, 11) is -0.285. The summed E-state index contributed by atoms with van der Waals surface area (Å²) >= 11 is 0. The normalized spacial score (nSPS) is 22.6. The summed E-state index contributed by atoms with van der Waals surface area (Å²) in [5.74, 6) is 4.97. The van der Waals surface area contributed by atoms with E-state index >= 15 is 4.79 Å². The fourth-order valence-electron chi connectivity index (χ4n) is 13.0. The van der Waals surface area contributed by atoms with Gasteiger partial charge in [0.05, 0.1) is 71.3 Å². The van der Waals surface area contributed by atoms with Crippen LogP contribution in [-0.4, -0.2) is 149 Å². The highest BCUT2D eigenvalue weighted by atomic mass is 32.2. The van der Waals surface area contributed by atoms with Crippen LogP contribution in [0.5, 0.6) is 5.75 Å². The van der Waals surface area contributed by atoms with E-state index in [1.807, 2.05) is 64.1 Å². The van der Waals surface area contributed by atoms with Gasteiger partial charge in [-0.15, -0.1) is 5.01 Å². The van der Waals surface area contributed by atoms with Crippen molar-refractivity contribution in [2.75, 3.05) is 59.3 Å². The number of likely N-dealkylation sites (N-methyl/N-ethyl adjacent to an activating group) is 1. The van der Waals surface area contributed by atoms with Crippen molar-refractivity contribution in [1.82, 2.24) is 35.2 Å². The molecule has 87 heavy (non-hydrogen) atoms. The number of nitrogens with zero attached hydrogens (tertiary/aromatic N) is 6. The second kappa shape index (κ2) is 26.2. The molecule has 462 valence electrons. The average molecular weight is 1210 g/mol. The number of nitrogens with one attached hydrogen (secondary N) is 2. The van der Waals surface area contributed by atoms with Gasteiger partial charge < -0.3 is 40.0 Å². The Morgan fingerprint density at radius 3 is 2.48 bits per heavy atom. The fraction of sp³-hybridized carbons (Fsp3) is 0.478. The van der Waals surface area contributed by atoms with E-state index in [0.29, 0.717) is 97.9 Å². The molecule has 2 amide bonds. The van der Waals surface area contributed by atoms with E-state index in [0.717, 1.165) is 49.3 Å². The number of methoxy groups -OCH3 is 1. The van der Waals surface area contributed by atoms with Gasteiger partial charge in [-0.3, -0.25) is 24.5 Å². The molecule has 1 unspecified atom stereocenters. The molecule has 4 aliphatic heterocycles. The number of aromatic hydroxyl groups is 1. The molecule has 3 fully saturated rings. The molecule has 8 atom stereocenters. The summed E-state index contributed by atoms with van der Waals surface area (Å²) in [4.78, 5) is 52.5. The highest BCUT2D eigenvalue weighted by molar-refractivity contribution is 7.92. The van der Waals surface area contributed by atoms with Crippen LogP contribution in [0.2, 0.25) is 0 Å². The zero-order valence-electron chi connectivity index (χ0n) is 51.5. The van der Waals surface area contributed by atoms with Crippen LogP contribution >= 0.6 is 0 Å². The number of carbonyl (C=O) groups is 2. The molecule has 4 aromatic carbocycles. The van der Waals surface area contributed by atoms with E-state index in [-0.39, 0.29) is 31.2 Å². The third-order valence-electron chi connectivity index (χ3n) is 17.7. The Bertz CT molecular complexity index is 3690. The van der Waals surface area contributed by atoms with E-state index in [2.05, 4.69) is 71.0 Å². The van der Waals surface area contributed by atoms with Gasteiger partial charge in [0.25, 0.3) is 5.91 Å². The second-order valence-electron chi connectivity index (χ2n) is 25.1. The van der Waals surface area contributed by atoms with Crippen molar-refractivity contribution < 1.29 is 47.3 Å². The zero-order valence-corrected chi connectivity index (χ0v) is 52.3. The molecular weight excluding hydrogens is 1120 g/mol. The van der Waals surface area contributed by atoms with Gasteiger partial charge in [0.2, 0.25) is 5.91 Å². The summed E-state index contributed by atoms with van der Waals surface area (Å²) in [5.41, 5.74) is 18.3. The number of pyridine rings is 1. The number of carbonyl (C=O) groups excluding carboxylic acids is 2. The van der Waals surface area contributed by atoms with Crippen LogP contribution in [0.1, 0.15) is 113 Å². The summed E-state index contributed by atoms with van der Waals surface area (Å²) in [6.07, 6.45) is 1.71. The summed E-state index contributed by atoms with van der Waals surface area (Å²) in [6.45, 7) is 16.6. The van der Waals surface area contributed by atoms with E-state index in [1.165, 1.54) is 10.0 Å². The number of hydrogen-bond donors (Lipinski definition) is 5. The van der Waals surface area contributed by atoms with Gasteiger partial charge >= 0.3 is 6.23 Å². The number of benzene rings is 4. The van der Waals surface area contributed by atoms with Crippen LogP contribution in [0, 0.1) is 35.0 Å². The highest BCUT2D eigenvalue weighted by Crippen LogP contribution is 2.43. The van der Waals surface area contributed by atoms with Gasteiger partial charge in [0, 0.05) is 73.6 Å². The standard InChI is InChI=1S/C67H83N9O10S/c1-10-74-59-24-19-47-36-54(59)56(62(74)55-33-44(38-69-60(55)43(5)84-9)13-11-27-73-29-25-52(39-73)87(82,83)51-22-15-42(4)16-23-51)37-67(6,7)40-86-66(80)57-14-12-28-75(71-57)64(79)58(34-45-31-48(47)35-50(77)32-45)70-63(78)61(41(2)3)72(8)76(81)65-53(26-30-85-65)46-17-20-49(68)21-18-46/h15-24,31-33,35-36,38,41,43,52-53,57-58,61,65-66,71,80H,10,12,14,25-30,34,37,39-40,68H2,1-9H3,(H-,70,77,78)/p+1/t43-,52-,53+,57-,58-,61-,65+,66?/m0/s1. The predicted molar refractivity (Wildman–Crippen MR) is 334 cm³/mol. The number of aliphatic hydroxyl groups is 1. The Morgan fingerprint density at radius 1 is 1.00 bits per heavy atom. The topological polar surface area (TPSA) is 234 Å². The van der Waals surface area contributed by atoms with Crippen molar-refractivity contribution in [2.45, 2.75) is 146 Å². The number of ether oxygens (including phenoxy) is 3. The van der Waals surface area contributed by atoms with E-state index in [1.54, 1.807) is 56.8 Å². The van der Waals surface area contributed by atoms with Crippen LogP contribution < -0.4 is 16.5 Å². The first-order chi connectivity index (χ1) is 41.5. The van der Waals surface area contributed by atoms with Gasteiger partial charge in [-0.25, -0.2) is 13.8 Å². The van der Waals surface area contributed by atoms with Gasteiger partial charge in [0.15, 0.2) is 27.0 Å². The van der Waals surface area contributed by atoms with Crippen molar-refractivity contribution in [3.8, 4) is 40.0 Å². The number of hydrazine groups is 2. The molecule has 6 heterocycles. The number of rotatable bonds is 14. The minimum absolute atomic E-state index is 0.0341. The molecule has 6 aromatic rings. The number of aromatic nitrogens is 2. The summed E-state index contributed by atoms with van der Waals surface area (Å²) in [5, 5.41) is 29.8. The second-order valence-corrected chi connectivity index (χ2v) is 27.3. The lowest BCUT2D eigenvalue weighted by molar-refractivity contribution is -0.763. The van der Waals surface area contributed by atoms with Gasteiger partial charge in [0.1, 0.15) is 11.8 Å². The van der Waals surface area contributed by atoms with Crippen LogP contribution in [0.3, 0.4) is 0 Å². The lowest BCUT2D eigenvalue weighted by atomic mass is 9.84. The molecule has 0 aliphatic carbocycles. The number of fused-ring (bicyclic) bond motifs is 6. The van der Waals surface area contributed by atoms with E-state index < -0.39 is 75.0 Å². The quantitative estimate of drug-likeness (QED) is 0.0299. The molecule has 6 N–H and O–H groups in total. The van der Waals surface area contributed by atoms with Crippen LogP contribution in [0.15, 0.2) is 102 Å². The number of likely N-dealkylation sites (tertiary alicyclic amines) is 1. The monoisotopic (exact) mass is 1210 g/mol. The number of nitrogens with two attached hydrogens (primary N) is 1. The molecule has 2 aromatic heterocycles. The summed E-state index contributed by atoms with van der Waals surface area (Å²) in [6, 6.07) is 25.0. The Labute approximate surface area is 511 Å². The number of phenols is 1. The van der Waals surface area contributed by atoms with E-state index in [9.17, 15) is 28.3 Å². The zero-order chi connectivity index (χ0) is 62.1. The molecule has 19 nitrogen and oxygen atoms in total. The number of nitrogen functional groups attached to an aromatic ring is 1. The first-order valence-electron chi connectivity index (χ1n) is 30.4. The number of phenolic OH excluding ortho intramolecular Hbond substituents is 1. The molecule has 20 heteroatoms. The lowest BCUT2D eigenvalue weighted by Gasteiger charge is -2.38. The maximum absolute atomic E-state index is 15.0. The smallest absolute Gasteiger partial charge is 0.344 e. The van der Waals surface area contributed by atoms with Gasteiger partial charge in [-0.05, 0) is 147 Å². The van der Waals surface area contributed by atoms with Crippen molar-refractivity contribution in [2.24, 2.45) is 11.3 Å². The maximum Gasteiger partial charge on any atom is 0.344 e. The number of nitroso groups, excluding NO2 is 1. The third-order valence-corrected chi connectivity index (χ3v) is 19.9. The van der Waals surface area contributed by atoms with Crippen molar-refractivity contribution in [3.63, 3.8) is 0 Å². The van der Waals surface area contributed by atoms with Gasteiger partial charge in [-0.1, -0.05) is 81.5 Å². The minimum atomic E-state index is -3.50. The Kier molecular flexibility index (Phi) is 18.9. The van der Waals surface area contributed by atoms with E-state index in [4.69, 9.17) is 24.9 Å². The maximum atomic E-state index is 15.0. The molecule has 0 radical (unpaired) electrons. The fourth-order valence-corrected chi connectivity index (χ4v) is 14.7. The van der Waals surface area contributed by atoms with Gasteiger partial charge in [-0.2, -0.15) is 0 Å². The Hall–Kier alpha value is -7.22. The number of sulfone groups is 1. The number of hydrogen-bond acceptors (Lipinski definition) is 14. The molecular formula is C67H84N9O10S+. The molecule has 0 saturated carbocycles. The number of aliphatic hydroxyl groups excluding tert-OH is 1. The molecule has 4 aliphatic rings. The van der Waals surface area contributed by atoms with Crippen molar-refractivity contribution >= 4 is 38.2 Å². The predicted octanol–water partition coefficient (Wildman–Crippen LogP) is 8.21. The molecule has 6 bridgehead atoms. The Morgan fingerprint density at radius 2 is 1.76 bits per heavy atom. The SMILES string of the molecule is CCn1c(-c2cc(C#CCN3CC[C@H](S(=O)(=O)c4ccc(C)cc4)C3)cnc2[C@H](C)OC)c2c3cc(ccc31)-c1cc(O)cc(c1)C[C@H](NC(=O)[C@H](C(C)C)N(C)[N+](=O)[C@@H]1OCC[C@@H]1c1ccc(N)cc1)C(=O)N1CCC[C@H](N1)C(O)OCC(C)(C)C2. The third kappa shape index (κ3) is 13.6. The number of amides is 2. The minimum Gasteiger partial charge on any atom is -0.508 e. The first-order valence-corrected chi connectivity index (χ1v) is 32.0. The first kappa shape index (κ1) is 62.8. The van der Waals surface area contributed by atoms with Crippen LogP contribution in [-0.2, 0) is 53.0 Å². The molecule has 0 spiro atoms. The lowest BCUT2D eigenvalue weighted by Crippen LogP contribution is -2.63. The number of anilines is 1. The molecule has 10 rings (SSSR count). The average Bonchev–Trinajstić information content (AvgIpc) is 1.73. The van der Waals surface area contributed by atoms with Crippen molar-refractivity contribution in [3.05, 3.63) is 136 Å². The molecule has 3 saturated heterocycles. The van der Waals surface area contributed by atoms with Crippen LogP contribution in [0.25, 0.3) is 33.3 Å². The highest BCUT2D eigenvalue weighted by Gasteiger charge is 2.48. The van der Waals surface area contributed by atoms with Crippen LogP contribution in [0.4, 0.5) is 5.69 Å². The Balaban J connectivity index is 1.00. The largest absolute Gasteiger partial charge is 0.508 e.